The number of nitro groups is 1. The molecule has 0 saturated carbocycles. The van der Waals surface area contributed by atoms with E-state index >= 15 is 0 Å². The van der Waals surface area contributed by atoms with E-state index in [1.54, 1.807) is 6.07 Å². The van der Waals surface area contributed by atoms with Gasteiger partial charge in [-0.25, -0.2) is 0 Å². The summed E-state index contributed by atoms with van der Waals surface area (Å²) in [6.07, 6.45) is -0.334. The highest BCUT2D eigenvalue weighted by atomic mass is 16.6. The third kappa shape index (κ3) is 1.80. The standard InChI is InChI=1S/C15H11N3O3/c19-18(20)13-8-7-12(21-13)15-16-10-5-1-3-9-4-2-6-11(17-15)14(9)10/h1-8,15-17H. The molecule has 0 saturated heterocycles. The second kappa shape index (κ2) is 4.24. The van der Waals surface area contributed by atoms with Crippen molar-refractivity contribution in [3.63, 3.8) is 0 Å². The van der Waals surface area contributed by atoms with E-state index in [2.05, 4.69) is 10.6 Å². The zero-order valence-corrected chi connectivity index (χ0v) is 10.9. The van der Waals surface area contributed by atoms with Gasteiger partial charge < -0.3 is 15.1 Å². The number of nitrogens with one attached hydrogen (secondary N) is 2. The van der Waals surface area contributed by atoms with Crippen LogP contribution in [0, 0.1) is 10.1 Å². The van der Waals surface area contributed by atoms with Crippen molar-refractivity contribution >= 4 is 28.0 Å². The number of hydrogen-bond donors (Lipinski definition) is 2. The van der Waals surface area contributed by atoms with Gasteiger partial charge in [0.05, 0.1) is 6.07 Å². The molecule has 0 amide bonds. The van der Waals surface area contributed by atoms with Crippen molar-refractivity contribution in [3.8, 4) is 0 Å². The van der Waals surface area contributed by atoms with Gasteiger partial charge in [-0.2, -0.15) is 0 Å². The first-order valence-corrected chi connectivity index (χ1v) is 6.51. The first kappa shape index (κ1) is 11.8. The van der Waals surface area contributed by atoms with Crippen molar-refractivity contribution in [2.24, 2.45) is 0 Å². The van der Waals surface area contributed by atoms with Gasteiger partial charge in [0.2, 0.25) is 0 Å². The van der Waals surface area contributed by atoms with Crippen LogP contribution >= 0.6 is 0 Å². The monoisotopic (exact) mass is 281 g/mol. The van der Waals surface area contributed by atoms with Crippen molar-refractivity contribution in [1.82, 2.24) is 0 Å². The fourth-order valence-electron chi connectivity index (χ4n) is 2.67. The summed E-state index contributed by atoms with van der Waals surface area (Å²) in [6.45, 7) is 0. The summed E-state index contributed by atoms with van der Waals surface area (Å²) in [7, 11) is 0. The first-order chi connectivity index (χ1) is 10.2. The van der Waals surface area contributed by atoms with E-state index in [0.29, 0.717) is 5.76 Å². The molecule has 1 aromatic heterocycles. The minimum absolute atomic E-state index is 0.259. The second-order valence-electron chi connectivity index (χ2n) is 4.86. The van der Waals surface area contributed by atoms with Crippen LogP contribution in [0.2, 0.25) is 0 Å². The quantitative estimate of drug-likeness (QED) is 0.550. The van der Waals surface area contributed by atoms with Gasteiger partial charge >= 0.3 is 5.88 Å². The summed E-state index contributed by atoms with van der Waals surface area (Å²) >= 11 is 0. The fraction of sp³-hybridized carbons (Fsp3) is 0.0667. The molecule has 0 unspecified atom stereocenters. The lowest BCUT2D eigenvalue weighted by Crippen LogP contribution is -2.23. The van der Waals surface area contributed by atoms with Gasteiger partial charge in [-0.15, -0.1) is 0 Å². The largest absolute Gasteiger partial charge is 0.433 e. The molecule has 6 heteroatoms. The minimum atomic E-state index is -0.541. The molecule has 2 aromatic carbocycles. The average Bonchev–Trinajstić information content (AvgIpc) is 2.98. The third-order valence-electron chi connectivity index (χ3n) is 3.58. The van der Waals surface area contributed by atoms with Gasteiger partial charge in [-0.05, 0) is 23.6 Å². The molecular formula is C15H11N3O3. The molecule has 1 aliphatic heterocycles. The zero-order chi connectivity index (χ0) is 14.4. The van der Waals surface area contributed by atoms with E-state index in [1.165, 1.54) is 6.07 Å². The van der Waals surface area contributed by atoms with E-state index < -0.39 is 4.92 Å². The van der Waals surface area contributed by atoms with Crippen LogP contribution in [0.15, 0.2) is 52.9 Å². The van der Waals surface area contributed by atoms with Gasteiger partial charge in [0.25, 0.3) is 0 Å². The SMILES string of the molecule is O=[N+]([O-])c1ccc(C2Nc3cccc4cccc(c34)N2)o1. The maximum atomic E-state index is 10.7. The van der Waals surface area contributed by atoms with E-state index in [1.807, 2.05) is 36.4 Å². The smallest absolute Gasteiger partial charge is 0.402 e. The molecule has 1 aliphatic rings. The predicted molar refractivity (Wildman–Crippen MR) is 79.3 cm³/mol. The molecule has 0 radical (unpaired) electrons. The van der Waals surface area contributed by atoms with Gasteiger partial charge in [0.15, 0.2) is 11.9 Å². The maximum absolute atomic E-state index is 10.7. The van der Waals surface area contributed by atoms with Crippen LogP contribution in [0.25, 0.3) is 10.8 Å². The third-order valence-corrected chi connectivity index (χ3v) is 3.58. The Labute approximate surface area is 119 Å². The average molecular weight is 281 g/mol. The van der Waals surface area contributed by atoms with Gasteiger partial charge in [-0.3, -0.25) is 10.1 Å². The van der Waals surface area contributed by atoms with Crippen LogP contribution in [0.1, 0.15) is 11.9 Å². The van der Waals surface area contributed by atoms with Gasteiger partial charge in [0.1, 0.15) is 4.92 Å². The number of furan rings is 1. The van der Waals surface area contributed by atoms with Crippen LogP contribution in [-0.4, -0.2) is 4.92 Å². The van der Waals surface area contributed by atoms with E-state index in [0.717, 1.165) is 22.1 Å². The molecule has 2 N–H and O–H groups in total. The highest BCUT2D eigenvalue weighted by Gasteiger charge is 2.24. The molecule has 0 bridgehead atoms. The summed E-state index contributed by atoms with van der Waals surface area (Å²) in [4.78, 5) is 10.2. The molecule has 0 spiro atoms. The van der Waals surface area contributed by atoms with Crippen molar-refractivity contribution in [3.05, 3.63) is 64.4 Å². The minimum Gasteiger partial charge on any atom is -0.402 e. The van der Waals surface area contributed by atoms with E-state index in [9.17, 15) is 10.1 Å². The Morgan fingerprint density at radius 3 is 2.24 bits per heavy atom. The van der Waals surface area contributed by atoms with Crippen LogP contribution in [0.3, 0.4) is 0 Å². The summed E-state index contributed by atoms with van der Waals surface area (Å²) < 4.78 is 5.27. The number of hydrogen-bond acceptors (Lipinski definition) is 5. The van der Waals surface area contributed by atoms with Crippen molar-refractivity contribution in [2.75, 3.05) is 10.6 Å². The highest BCUT2D eigenvalue weighted by molar-refractivity contribution is 6.04. The van der Waals surface area contributed by atoms with Crippen molar-refractivity contribution in [2.45, 2.75) is 6.17 Å². The highest BCUT2D eigenvalue weighted by Crippen LogP contribution is 2.38. The van der Waals surface area contributed by atoms with Crippen molar-refractivity contribution in [1.29, 1.82) is 0 Å². The van der Waals surface area contributed by atoms with Gasteiger partial charge in [0, 0.05) is 16.8 Å². The zero-order valence-electron chi connectivity index (χ0n) is 10.9. The normalized spacial score (nSPS) is 13.7. The van der Waals surface area contributed by atoms with E-state index in [-0.39, 0.29) is 12.0 Å². The summed E-state index contributed by atoms with van der Waals surface area (Å²) in [5.74, 6) is 0.221. The number of benzene rings is 2. The Bertz CT molecular complexity index is 815. The summed E-state index contributed by atoms with van der Waals surface area (Å²) in [6, 6.07) is 15.0. The Morgan fingerprint density at radius 1 is 1.00 bits per heavy atom. The Hall–Kier alpha value is -3.02. The molecule has 21 heavy (non-hydrogen) atoms. The summed E-state index contributed by atoms with van der Waals surface area (Å²) in [5, 5.41) is 19.6. The molecule has 6 nitrogen and oxygen atoms in total. The second-order valence-corrected chi connectivity index (χ2v) is 4.86. The lowest BCUT2D eigenvalue weighted by Gasteiger charge is -2.27. The van der Waals surface area contributed by atoms with Crippen molar-refractivity contribution < 1.29 is 9.34 Å². The molecule has 0 fully saturated rings. The molecule has 0 atom stereocenters. The Kier molecular flexibility index (Phi) is 2.38. The molecular weight excluding hydrogens is 270 g/mol. The van der Waals surface area contributed by atoms with Crippen LogP contribution in [0.4, 0.5) is 17.3 Å². The first-order valence-electron chi connectivity index (χ1n) is 6.51. The molecule has 104 valence electrons. The fourth-order valence-corrected chi connectivity index (χ4v) is 2.67. The molecule has 2 heterocycles. The molecule has 4 rings (SSSR count). The Balaban J connectivity index is 1.77. The lowest BCUT2D eigenvalue weighted by atomic mass is 10.0. The topological polar surface area (TPSA) is 80.3 Å². The lowest BCUT2D eigenvalue weighted by molar-refractivity contribution is -0.402. The number of anilines is 2. The number of nitrogens with zero attached hydrogens (tertiary/aromatic N) is 1. The van der Waals surface area contributed by atoms with Crippen LogP contribution < -0.4 is 10.6 Å². The molecule has 3 aromatic rings. The summed E-state index contributed by atoms with van der Waals surface area (Å²) in [5.41, 5.74) is 1.96. The number of rotatable bonds is 2. The molecule has 0 aliphatic carbocycles. The maximum Gasteiger partial charge on any atom is 0.433 e. The van der Waals surface area contributed by atoms with Crippen LogP contribution in [-0.2, 0) is 0 Å². The van der Waals surface area contributed by atoms with Crippen LogP contribution in [0.5, 0.6) is 0 Å². The van der Waals surface area contributed by atoms with Gasteiger partial charge in [-0.1, -0.05) is 24.3 Å². The predicted octanol–water partition coefficient (Wildman–Crippen LogP) is 3.88. The van der Waals surface area contributed by atoms with E-state index in [4.69, 9.17) is 4.42 Å². The Morgan fingerprint density at radius 2 is 1.67 bits per heavy atom.